The van der Waals surface area contributed by atoms with Gasteiger partial charge < -0.3 is 25.7 Å². The Morgan fingerprint density at radius 3 is 2.88 bits per heavy atom. The van der Waals surface area contributed by atoms with Crippen LogP contribution in [-0.2, 0) is 11.2 Å². The zero-order valence-electron chi connectivity index (χ0n) is 19.0. The van der Waals surface area contributed by atoms with Gasteiger partial charge in [-0.05, 0) is 74.0 Å². The van der Waals surface area contributed by atoms with Gasteiger partial charge in [-0.15, -0.1) is 0 Å². The highest BCUT2D eigenvalue weighted by atomic mass is 19.1. The fraction of sp³-hybridized carbons (Fsp3) is 0.440. The average Bonchev–Trinajstić information content (AvgIpc) is 3.18. The highest BCUT2D eigenvalue weighted by molar-refractivity contribution is 5.86. The van der Waals surface area contributed by atoms with Gasteiger partial charge in [-0.3, -0.25) is 4.79 Å². The number of nitrogens with zero attached hydrogens (tertiary/aromatic N) is 2. The molecule has 3 aliphatic heterocycles. The van der Waals surface area contributed by atoms with Gasteiger partial charge in [0.05, 0.1) is 11.4 Å². The third-order valence-corrected chi connectivity index (χ3v) is 7.34. The Balaban J connectivity index is 1.25. The van der Waals surface area contributed by atoms with E-state index in [1.54, 1.807) is 24.4 Å². The van der Waals surface area contributed by atoms with Crippen molar-refractivity contribution in [3.05, 3.63) is 53.6 Å². The first-order valence-corrected chi connectivity index (χ1v) is 11.5. The van der Waals surface area contributed by atoms with E-state index < -0.39 is 11.9 Å². The molecule has 1 aromatic carbocycles. The van der Waals surface area contributed by atoms with Gasteiger partial charge in [0.1, 0.15) is 11.4 Å². The molecule has 3 aromatic rings. The molecule has 7 nitrogen and oxygen atoms in total. The van der Waals surface area contributed by atoms with Crippen LogP contribution >= 0.6 is 0 Å². The lowest BCUT2D eigenvalue weighted by atomic mass is 9.70. The van der Waals surface area contributed by atoms with E-state index in [0.717, 1.165) is 43.4 Å². The first-order valence-electron chi connectivity index (χ1n) is 11.5. The summed E-state index contributed by atoms with van der Waals surface area (Å²) in [5, 5.41) is 3.98. The molecule has 0 unspecified atom stereocenters. The highest BCUT2D eigenvalue weighted by Crippen LogP contribution is 2.39. The second kappa shape index (κ2) is 8.43. The Bertz CT molecular complexity index is 1180. The van der Waals surface area contributed by atoms with Crippen molar-refractivity contribution in [1.82, 2.24) is 20.2 Å². The van der Waals surface area contributed by atoms with Gasteiger partial charge in [0.25, 0.3) is 0 Å². The van der Waals surface area contributed by atoms with Crippen molar-refractivity contribution in [2.24, 2.45) is 11.1 Å². The molecule has 8 heteroatoms. The molecule has 3 fully saturated rings. The van der Waals surface area contributed by atoms with Crippen LogP contribution in [0.5, 0.6) is 11.5 Å². The van der Waals surface area contributed by atoms with Crippen molar-refractivity contribution in [2.45, 2.75) is 45.2 Å². The number of nitrogens with one attached hydrogen (secondary N) is 2. The SMILES string of the molecule is Cc1c[nH]c2nccc(Oc3ccc(C[C@H](N)C(=O)N[C@H]4CN5CCC4(C)CC5)cc3F)c12. The van der Waals surface area contributed by atoms with Crippen LogP contribution in [0.1, 0.15) is 30.9 Å². The molecule has 33 heavy (non-hydrogen) atoms. The van der Waals surface area contributed by atoms with E-state index >= 15 is 0 Å². The number of carbonyl (C=O) groups is 1. The maximum atomic E-state index is 14.8. The molecule has 2 atom stereocenters. The number of nitrogens with two attached hydrogens (primary N) is 1. The fourth-order valence-corrected chi connectivity index (χ4v) is 5.06. The minimum absolute atomic E-state index is 0.111. The Kier molecular flexibility index (Phi) is 5.58. The molecule has 4 N–H and O–H groups in total. The topological polar surface area (TPSA) is 96.3 Å². The number of H-pyrrole nitrogens is 1. The molecule has 6 rings (SSSR count). The predicted octanol–water partition coefficient (Wildman–Crippen LogP) is 3.27. The molecular weight excluding hydrogens is 421 g/mol. The van der Waals surface area contributed by atoms with Crippen LogP contribution in [0.25, 0.3) is 11.0 Å². The van der Waals surface area contributed by atoms with E-state index in [1.165, 1.54) is 6.07 Å². The summed E-state index contributed by atoms with van der Waals surface area (Å²) >= 11 is 0. The van der Waals surface area contributed by atoms with E-state index in [1.807, 2.05) is 13.1 Å². The van der Waals surface area contributed by atoms with Crippen molar-refractivity contribution in [3.63, 3.8) is 0 Å². The number of aromatic amines is 1. The third-order valence-electron chi connectivity index (χ3n) is 7.34. The Hall–Kier alpha value is -2.97. The molecule has 2 bridgehead atoms. The van der Waals surface area contributed by atoms with E-state index in [4.69, 9.17) is 10.5 Å². The Morgan fingerprint density at radius 2 is 2.15 bits per heavy atom. The molecule has 2 aromatic heterocycles. The van der Waals surface area contributed by atoms with E-state index in [9.17, 15) is 9.18 Å². The zero-order chi connectivity index (χ0) is 23.2. The smallest absolute Gasteiger partial charge is 0.237 e. The standard InChI is InChI=1S/C25H30FN5O2/c1-15-13-29-23-22(15)20(5-8-28-23)33-19-4-3-16(11-17(19)26)12-18(27)24(32)30-21-14-31-9-6-25(21,2)7-10-31/h3-5,8,11,13,18,21H,6-7,9-10,12,14,27H2,1-2H3,(H,28,29)(H,30,32)/t18-,21-/m0/s1. The fourth-order valence-electron chi connectivity index (χ4n) is 5.06. The lowest BCUT2D eigenvalue weighted by molar-refractivity contribution is -0.126. The van der Waals surface area contributed by atoms with Gasteiger partial charge in [-0.1, -0.05) is 13.0 Å². The predicted molar refractivity (Wildman–Crippen MR) is 125 cm³/mol. The van der Waals surface area contributed by atoms with Gasteiger partial charge in [-0.2, -0.15) is 0 Å². The average molecular weight is 452 g/mol. The molecule has 5 heterocycles. The summed E-state index contributed by atoms with van der Waals surface area (Å²) < 4.78 is 20.7. The number of fused-ring (bicyclic) bond motifs is 4. The number of aromatic nitrogens is 2. The van der Waals surface area contributed by atoms with Crippen molar-refractivity contribution < 1.29 is 13.9 Å². The molecule has 0 radical (unpaired) electrons. The van der Waals surface area contributed by atoms with Crippen LogP contribution in [0.15, 0.2) is 36.7 Å². The summed E-state index contributed by atoms with van der Waals surface area (Å²) in [6.07, 6.45) is 5.89. The van der Waals surface area contributed by atoms with E-state index in [2.05, 4.69) is 27.1 Å². The second-order valence-electron chi connectivity index (χ2n) is 9.70. The number of benzene rings is 1. The molecule has 174 valence electrons. The zero-order valence-corrected chi connectivity index (χ0v) is 19.0. The maximum Gasteiger partial charge on any atom is 0.237 e. The minimum atomic E-state index is -0.738. The molecule has 0 aliphatic carbocycles. The van der Waals surface area contributed by atoms with Crippen LogP contribution in [-0.4, -0.2) is 52.5 Å². The lowest BCUT2D eigenvalue weighted by Crippen LogP contribution is -2.63. The van der Waals surface area contributed by atoms with Crippen LogP contribution in [0.3, 0.4) is 0 Å². The van der Waals surface area contributed by atoms with Crippen LogP contribution in [0, 0.1) is 18.2 Å². The van der Waals surface area contributed by atoms with Gasteiger partial charge in [-0.25, -0.2) is 9.37 Å². The molecule has 3 aliphatic rings. The molecule has 0 saturated carbocycles. The largest absolute Gasteiger partial charge is 0.453 e. The third kappa shape index (κ3) is 4.20. The van der Waals surface area contributed by atoms with Gasteiger partial charge in [0, 0.05) is 25.0 Å². The summed E-state index contributed by atoms with van der Waals surface area (Å²) in [6.45, 7) is 7.25. The normalized spacial score (nSPS) is 25.2. The number of carbonyl (C=O) groups excluding carboxylic acids is 1. The van der Waals surface area contributed by atoms with Crippen molar-refractivity contribution in [1.29, 1.82) is 0 Å². The Labute approximate surface area is 192 Å². The number of pyridine rings is 1. The molecular formula is C25H30FN5O2. The summed E-state index contributed by atoms with van der Waals surface area (Å²) in [6, 6.07) is 5.81. The summed E-state index contributed by atoms with van der Waals surface area (Å²) in [7, 11) is 0. The summed E-state index contributed by atoms with van der Waals surface area (Å²) in [5.74, 6) is -0.0291. The van der Waals surface area contributed by atoms with Crippen molar-refractivity contribution >= 4 is 16.9 Å². The minimum Gasteiger partial charge on any atom is -0.453 e. The lowest BCUT2D eigenvalue weighted by Gasteiger charge is -2.52. The van der Waals surface area contributed by atoms with Crippen molar-refractivity contribution in [2.75, 3.05) is 19.6 Å². The van der Waals surface area contributed by atoms with E-state index in [0.29, 0.717) is 17.0 Å². The molecule has 1 amide bonds. The maximum absolute atomic E-state index is 14.8. The number of ether oxygens (including phenoxy) is 1. The monoisotopic (exact) mass is 451 g/mol. The quantitative estimate of drug-likeness (QED) is 0.535. The summed E-state index contributed by atoms with van der Waals surface area (Å²) in [5.41, 5.74) is 8.64. The molecule has 0 spiro atoms. The van der Waals surface area contributed by atoms with Crippen LogP contribution < -0.4 is 15.8 Å². The van der Waals surface area contributed by atoms with Crippen molar-refractivity contribution in [3.8, 4) is 11.5 Å². The number of hydrogen-bond acceptors (Lipinski definition) is 5. The number of halogens is 1. The number of amides is 1. The number of aryl methyl sites for hydroxylation is 1. The first-order chi connectivity index (χ1) is 15.8. The Morgan fingerprint density at radius 1 is 1.36 bits per heavy atom. The van der Waals surface area contributed by atoms with Crippen LogP contribution in [0.4, 0.5) is 4.39 Å². The number of rotatable bonds is 6. The molecule has 3 saturated heterocycles. The second-order valence-corrected chi connectivity index (χ2v) is 9.70. The van der Waals surface area contributed by atoms with Gasteiger partial charge in [0.15, 0.2) is 11.6 Å². The number of piperidine rings is 3. The van der Waals surface area contributed by atoms with Gasteiger partial charge >= 0.3 is 0 Å². The van der Waals surface area contributed by atoms with Gasteiger partial charge in [0.2, 0.25) is 5.91 Å². The number of hydrogen-bond donors (Lipinski definition) is 3. The van der Waals surface area contributed by atoms with E-state index in [-0.39, 0.29) is 29.5 Å². The first kappa shape index (κ1) is 21.9. The summed E-state index contributed by atoms with van der Waals surface area (Å²) in [4.78, 5) is 22.5. The van der Waals surface area contributed by atoms with Crippen LogP contribution in [0.2, 0.25) is 0 Å². The highest BCUT2D eigenvalue weighted by Gasteiger charge is 2.44.